The van der Waals surface area contributed by atoms with Crippen LogP contribution < -0.4 is 0 Å². The molecule has 1 aromatic rings. The molecule has 14 heavy (non-hydrogen) atoms. The van der Waals surface area contributed by atoms with Crippen LogP contribution in [-0.4, -0.2) is 40.3 Å². The second kappa shape index (κ2) is 3.79. The van der Waals surface area contributed by atoms with Gasteiger partial charge in [0.2, 0.25) is 0 Å². The Morgan fingerprint density at radius 2 is 2.29 bits per heavy atom. The van der Waals surface area contributed by atoms with Crippen molar-refractivity contribution in [3.05, 3.63) is 18.0 Å². The van der Waals surface area contributed by atoms with Crippen LogP contribution in [0, 0.1) is 0 Å². The Labute approximate surface area is 81.3 Å². The van der Waals surface area contributed by atoms with Crippen LogP contribution in [-0.2, 0) is 0 Å². The highest BCUT2D eigenvalue weighted by molar-refractivity contribution is 5.92. The van der Waals surface area contributed by atoms with E-state index in [1.165, 1.54) is 6.26 Å². The van der Waals surface area contributed by atoms with E-state index in [2.05, 4.69) is 9.68 Å². The number of likely N-dealkylation sites (tertiary alicyclic amines) is 1. The lowest BCUT2D eigenvalue weighted by molar-refractivity contribution is 0.0538. The molecule has 1 aromatic heterocycles. The van der Waals surface area contributed by atoms with Gasteiger partial charge in [0, 0.05) is 19.2 Å². The molecule has 5 heteroatoms. The first-order valence-electron chi connectivity index (χ1n) is 4.65. The van der Waals surface area contributed by atoms with E-state index in [1.54, 1.807) is 11.0 Å². The van der Waals surface area contributed by atoms with E-state index in [-0.39, 0.29) is 12.0 Å². The number of amides is 1. The maximum absolute atomic E-state index is 11.7. The molecule has 0 aromatic carbocycles. The van der Waals surface area contributed by atoms with Gasteiger partial charge in [-0.15, -0.1) is 0 Å². The molecule has 76 valence electrons. The monoisotopic (exact) mass is 196 g/mol. The molecule has 5 nitrogen and oxygen atoms in total. The highest BCUT2D eigenvalue weighted by Crippen LogP contribution is 2.12. The number of nitrogens with zero attached hydrogens (tertiary/aromatic N) is 2. The molecule has 1 N–H and O–H groups in total. The van der Waals surface area contributed by atoms with Gasteiger partial charge in [0.25, 0.3) is 5.91 Å². The minimum absolute atomic E-state index is 0.120. The van der Waals surface area contributed by atoms with Crippen molar-refractivity contribution < 1.29 is 14.4 Å². The highest BCUT2D eigenvalue weighted by Gasteiger charge is 2.23. The normalized spacial score (nSPS) is 18.5. The Balaban J connectivity index is 1.99. The van der Waals surface area contributed by atoms with Gasteiger partial charge in [-0.25, -0.2) is 0 Å². The smallest absolute Gasteiger partial charge is 0.276 e. The summed E-state index contributed by atoms with van der Waals surface area (Å²) in [5.41, 5.74) is 0.335. The molecule has 0 bridgehead atoms. The van der Waals surface area contributed by atoms with Crippen molar-refractivity contribution in [2.75, 3.05) is 13.1 Å². The lowest BCUT2D eigenvalue weighted by Gasteiger charge is -2.28. The van der Waals surface area contributed by atoms with Gasteiger partial charge in [-0.2, -0.15) is 0 Å². The molecule has 1 aliphatic rings. The number of aromatic nitrogens is 1. The molecule has 1 saturated heterocycles. The van der Waals surface area contributed by atoms with Crippen LogP contribution in [0.1, 0.15) is 23.3 Å². The number of hydrogen-bond acceptors (Lipinski definition) is 4. The minimum Gasteiger partial charge on any atom is -0.393 e. The molecular weight excluding hydrogens is 184 g/mol. The van der Waals surface area contributed by atoms with Gasteiger partial charge in [-0.3, -0.25) is 4.79 Å². The zero-order valence-corrected chi connectivity index (χ0v) is 7.72. The largest absolute Gasteiger partial charge is 0.393 e. The number of carbonyl (C=O) groups excluding carboxylic acids is 1. The average Bonchev–Trinajstić information content (AvgIpc) is 2.71. The lowest BCUT2D eigenvalue weighted by Crippen LogP contribution is -2.40. The fraction of sp³-hybridized carbons (Fsp3) is 0.556. The van der Waals surface area contributed by atoms with Crippen molar-refractivity contribution in [1.29, 1.82) is 0 Å². The molecule has 0 spiro atoms. The van der Waals surface area contributed by atoms with Crippen LogP contribution in [0.5, 0.6) is 0 Å². The van der Waals surface area contributed by atoms with Crippen LogP contribution in [0.2, 0.25) is 0 Å². The molecule has 1 aliphatic heterocycles. The molecule has 1 amide bonds. The van der Waals surface area contributed by atoms with Gasteiger partial charge in [0.05, 0.1) is 6.10 Å². The number of hydrogen-bond donors (Lipinski definition) is 1. The molecule has 0 aliphatic carbocycles. The first-order chi connectivity index (χ1) is 6.77. The van der Waals surface area contributed by atoms with Gasteiger partial charge < -0.3 is 14.5 Å². The zero-order chi connectivity index (χ0) is 9.97. The quantitative estimate of drug-likeness (QED) is 0.700. The molecule has 2 rings (SSSR count). The van der Waals surface area contributed by atoms with Gasteiger partial charge in [-0.1, -0.05) is 5.16 Å². The number of aliphatic hydroxyl groups is 1. The van der Waals surface area contributed by atoms with E-state index in [4.69, 9.17) is 0 Å². The summed E-state index contributed by atoms with van der Waals surface area (Å²) in [7, 11) is 0. The summed E-state index contributed by atoms with van der Waals surface area (Å²) in [6, 6.07) is 1.55. The third-order valence-electron chi connectivity index (χ3n) is 2.41. The van der Waals surface area contributed by atoms with Crippen LogP contribution in [0.25, 0.3) is 0 Å². The number of aliphatic hydroxyl groups excluding tert-OH is 1. The number of piperidine rings is 1. The predicted molar refractivity (Wildman–Crippen MR) is 47.6 cm³/mol. The van der Waals surface area contributed by atoms with Crippen molar-refractivity contribution in [3.8, 4) is 0 Å². The van der Waals surface area contributed by atoms with Gasteiger partial charge in [-0.05, 0) is 12.8 Å². The summed E-state index contributed by atoms with van der Waals surface area (Å²) >= 11 is 0. The SMILES string of the molecule is O=C(c1ccon1)N1CCC(O)CC1. The van der Waals surface area contributed by atoms with E-state index in [9.17, 15) is 9.90 Å². The Kier molecular flexibility index (Phi) is 2.49. The standard InChI is InChI=1S/C9H12N2O3/c12-7-1-4-11(5-2-7)9(13)8-3-6-14-10-8/h3,6-7,12H,1-2,4-5H2. The van der Waals surface area contributed by atoms with E-state index < -0.39 is 0 Å². The maximum atomic E-state index is 11.7. The van der Waals surface area contributed by atoms with Crippen LogP contribution in [0.3, 0.4) is 0 Å². The van der Waals surface area contributed by atoms with Crippen molar-refractivity contribution in [3.63, 3.8) is 0 Å². The third-order valence-corrected chi connectivity index (χ3v) is 2.41. The van der Waals surface area contributed by atoms with Gasteiger partial charge in [0.15, 0.2) is 5.69 Å². The van der Waals surface area contributed by atoms with Crippen molar-refractivity contribution >= 4 is 5.91 Å². The van der Waals surface area contributed by atoms with Crippen LogP contribution in [0.4, 0.5) is 0 Å². The first kappa shape index (κ1) is 9.21. The van der Waals surface area contributed by atoms with E-state index in [0.717, 1.165) is 0 Å². The Bertz CT molecular complexity index is 302. The fourth-order valence-electron chi connectivity index (χ4n) is 1.55. The minimum atomic E-state index is -0.267. The van der Waals surface area contributed by atoms with Gasteiger partial charge >= 0.3 is 0 Å². The predicted octanol–water partition coefficient (Wildman–Crippen LogP) is 0.272. The van der Waals surface area contributed by atoms with Crippen molar-refractivity contribution in [2.45, 2.75) is 18.9 Å². The Morgan fingerprint density at radius 3 is 2.86 bits per heavy atom. The number of rotatable bonds is 1. The highest BCUT2D eigenvalue weighted by atomic mass is 16.5. The van der Waals surface area contributed by atoms with Crippen LogP contribution in [0.15, 0.2) is 16.9 Å². The fourth-order valence-corrected chi connectivity index (χ4v) is 1.55. The summed E-state index contributed by atoms with van der Waals surface area (Å²) in [6.45, 7) is 1.18. The van der Waals surface area contributed by atoms with Crippen LogP contribution >= 0.6 is 0 Å². The van der Waals surface area contributed by atoms with E-state index in [1.807, 2.05) is 0 Å². The lowest BCUT2D eigenvalue weighted by atomic mass is 10.1. The average molecular weight is 196 g/mol. The summed E-state index contributed by atoms with van der Waals surface area (Å²) in [5, 5.41) is 12.8. The van der Waals surface area contributed by atoms with E-state index >= 15 is 0 Å². The topological polar surface area (TPSA) is 66.6 Å². The number of carbonyl (C=O) groups is 1. The van der Waals surface area contributed by atoms with Crippen molar-refractivity contribution in [2.24, 2.45) is 0 Å². The summed E-state index contributed by atoms with van der Waals surface area (Å²) in [5.74, 6) is -0.120. The Hall–Kier alpha value is -1.36. The second-order valence-electron chi connectivity index (χ2n) is 3.41. The maximum Gasteiger partial charge on any atom is 0.276 e. The molecule has 0 saturated carbocycles. The van der Waals surface area contributed by atoms with Gasteiger partial charge in [0.1, 0.15) is 6.26 Å². The molecule has 0 radical (unpaired) electrons. The molecule has 1 fully saturated rings. The summed E-state index contributed by atoms with van der Waals surface area (Å²) in [6.07, 6.45) is 2.40. The van der Waals surface area contributed by atoms with E-state index in [0.29, 0.717) is 31.6 Å². The zero-order valence-electron chi connectivity index (χ0n) is 7.72. The molecule has 2 heterocycles. The van der Waals surface area contributed by atoms with Crippen molar-refractivity contribution in [1.82, 2.24) is 10.1 Å². The molecule has 0 atom stereocenters. The summed E-state index contributed by atoms with van der Waals surface area (Å²) in [4.78, 5) is 13.4. The summed E-state index contributed by atoms with van der Waals surface area (Å²) < 4.78 is 4.60. The second-order valence-corrected chi connectivity index (χ2v) is 3.41. The molecular formula is C9H12N2O3. The third kappa shape index (κ3) is 1.77. The Morgan fingerprint density at radius 1 is 1.57 bits per heavy atom. The first-order valence-corrected chi connectivity index (χ1v) is 4.65. The molecule has 0 unspecified atom stereocenters.